The Morgan fingerprint density at radius 2 is 2.00 bits per heavy atom. The Bertz CT molecular complexity index is 820. The highest BCUT2D eigenvalue weighted by molar-refractivity contribution is 6.05. The van der Waals surface area contributed by atoms with Gasteiger partial charge in [-0.1, -0.05) is 18.2 Å². The van der Waals surface area contributed by atoms with Gasteiger partial charge in [0.15, 0.2) is 11.6 Å². The standard InChI is InChI=1S/C18H18N2O4/c1-10-16(11(2)21)17(12-6-3-4-8-14(12)20(23)24)18-13(19-10)7-5-9-15(18)22/h3-4,6,8,17,19H,5,7,9H2,1-2H3. The van der Waals surface area contributed by atoms with Crippen molar-refractivity contribution in [2.24, 2.45) is 0 Å². The molecule has 0 radical (unpaired) electrons. The van der Waals surface area contributed by atoms with Crippen molar-refractivity contribution >= 4 is 17.3 Å². The van der Waals surface area contributed by atoms with Crippen LogP contribution in [0.25, 0.3) is 0 Å². The average Bonchev–Trinajstić information content (AvgIpc) is 2.53. The first-order valence-electron chi connectivity index (χ1n) is 7.90. The van der Waals surface area contributed by atoms with E-state index in [0.29, 0.717) is 35.2 Å². The number of ketones is 2. The van der Waals surface area contributed by atoms with Gasteiger partial charge in [0.1, 0.15) is 0 Å². The first kappa shape index (κ1) is 16.1. The van der Waals surface area contributed by atoms with Crippen LogP contribution in [0.15, 0.2) is 46.8 Å². The number of rotatable bonds is 3. The first-order valence-corrected chi connectivity index (χ1v) is 7.90. The maximum absolute atomic E-state index is 12.6. The van der Waals surface area contributed by atoms with E-state index < -0.39 is 10.8 Å². The Morgan fingerprint density at radius 1 is 1.29 bits per heavy atom. The minimum absolute atomic E-state index is 0.0434. The molecule has 2 aliphatic rings. The van der Waals surface area contributed by atoms with E-state index in [2.05, 4.69) is 5.32 Å². The second kappa shape index (κ2) is 6.03. The summed E-state index contributed by atoms with van der Waals surface area (Å²) < 4.78 is 0. The number of nitrogens with zero attached hydrogens (tertiary/aromatic N) is 1. The lowest BCUT2D eigenvalue weighted by Crippen LogP contribution is -2.33. The smallest absolute Gasteiger partial charge is 0.273 e. The van der Waals surface area contributed by atoms with Gasteiger partial charge in [-0.2, -0.15) is 0 Å². The van der Waals surface area contributed by atoms with Crippen molar-refractivity contribution in [1.29, 1.82) is 0 Å². The summed E-state index contributed by atoms with van der Waals surface area (Å²) in [5.41, 5.74) is 2.72. The molecule has 0 aromatic heterocycles. The van der Waals surface area contributed by atoms with Crippen LogP contribution >= 0.6 is 0 Å². The maximum atomic E-state index is 12.6. The molecule has 1 aliphatic carbocycles. The molecule has 1 N–H and O–H groups in total. The number of hydrogen-bond acceptors (Lipinski definition) is 5. The highest BCUT2D eigenvalue weighted by Crippen LogP contribution is 2.44. The predicted octanol–water partition coefficient (Wildman–Crippen LogP) is 3.15. The van der Waals surface area contributed by atoms with Crippen molar-refractivity contribution in [3.05, 3.63) is 62.5 Å². The van der Waals surface area contributed by atoms with E-state index in [4.69, 9.17) is 0 Å². The number of Topliss-reactive ketones (excluding diaryl/α,β-unsaturated/α-hetero) is 2. The van der Waals surface area contributed by atoms with Crippen molar-refractivity contribution in [3.63, 3.8) is 0 Å². The van der Waals surface area contributed by atoms with Crippen LogP contribution in [0.3, 0.4) is 0 Å². The summed E-state index contributed by atoms with van der Waals surface area (Å²) in [7, 11) is 0. The largest absolute Gasteiger partial charge is 0.362 e. The van der Waals surface area contributed by atoms with Crippen LogP contribution in [0.2, 0.25) is 0 Å². The van der Waals surface area contributed by atoms with Crippen LogP contribution in [-0.2, 0) is 9.59 Å². The molecular weight excluding hydrogens is 308 g/mol. The molecular formula is C18H18N2O4. The summed E-state index contributed by atoms with van der Waals surface area (Å²) in [6.45, 7) is 3.21. The molecule has 0 spiro atoms. The first-order chi connectivity index (χ1) is 11.4. The topological polar surface area (TPSA) is 89.3 Å². The van der Waals surface area contributed by atoms with Gasteiger partial charge in [0.05, 0.1) is 10.8 Å². The van der Waals surface area contributed by atoms with E-state index >= 15 is 0 Å². The Balaban J connectivity index is 2.28. The molecule has 124 valence electrons. The molecule has 1 heterocycles. The third-order valence-electron chi connectivity index (χ3n) is 4.60. The summed E-state index contributed by atoms with van der Waals surface area (Å²) in [5.74, 6) is -0.903. The summed E-state index contributed by atoms with van der Waals surface area (Å²) in [6.07, 6.45) is 1.86. The molecule has 1 aromatic carbocycles. The van der Waals surface area contributed by atoms with Crippen molar-refractivity contribution in [3.8, 4) is 0 Å². The molecule has 1 unspecified atom stereocenters. The molecule has 1 aliphatic heterocycles. The molecule has 1 aromatic rings. The third-order valence-corrected chi connectivity index (χ3v) is 4.60. The van der Waals surface area contributed by atoms with Crippen molar-refractivity contribution in [1.82, 2.24) is 5.32 Å². The molecule has 1 atom stereocenters. The second-order valence-electron chi connectivity index (χ2n) is 6.14. The fourth-order valence-corrected chi connectivity index (χ4v) is 3.66. The Labute approximate surface area is 139 Å². The summed E-state index contributed by atoms with van der Waals surface area (Å²) in [4.78, 5) is 35.8. The number of nitro benzene ring substituents is 1. The molecule has 3 rings (SSSR count). The van der Waals surface area contributed by atoms with Crippen LogP contribution in [0.4, 0.5) is 5.69 Å². The molecule has 0 saturated carbocycles. The van der Waals surface area contributed by atoms with E-state index in [-0.39, 0.29) is 17.3 Å². The van der Waals surface area contributed by atoms with Gasteiger partial charge in [-0.25, -0.2) is 0 Å². The monoisotopic (exact) mass is 326 g/mol. The average molecular weight is 326 g/mol. The van der Waals surface area contributed by atoms with Crippen molar-refractivity contribution in [2.75, 3.05) is 0 Å². The Hall–Kier alpha value is -2.76. The number of dihydropyridines is 1. The minimum atomic E-state index is -0.673. The van der Waals surface area contributed by atoms with Crippen LogP contribution in [-0.4, -0.2) is 16.5 Å². The molecule has 0 fully saturated rings. The zero-order valence-electron chi connectivity index (χ0n) is 13.6. The summed E-state index contributed by atoms with van der Waals surface area (Å²) >= 11 is 0. The predicted molar refractivity (Wildman–Crippen MR) is 88.2 cm³/mol. The molecule has 0 bridgehead atoms. The highest BCUT2D eigenvalue weighted by atomic mass is 16.6. The Kier molecular flexibility index (Phi) is 4.05. The molecule has 0 amide bonds. The lowest BCUT2D eigenvalue weighted by molar-refractivity contribution is -0.385. The SMILES string of the molecule is CC(=O)C1=C(C)NC2=C(C(=O)CCC2)C1c1ccccc1[N+](=O)[O-]. The van der Waals surface area contributed by atoms with Gasteiger partial charge in [-0.3, -0.25) is 19.7 Å². The fourth-order valence-electron chi connectivity index (χ4n) is 3.66. The quantitative estimate of drug-likeness (QED) is 0.681. The summed E-state index contributed by atoms with van der Waals surface area (Å²) in [5, 5.41) is 14.6. The van der Waals surface area contributed by atoms with Gasteiger partial charge >= 0.3 is 0 Å². The molecule has 24 heavy (non-hydrogen) atoms. The third kappa shape index (κ3) is 2.54. The summed E-state index contributed by atoms with van der Waals surface area (Å²) in [6, 6.07) is 6.34. The van der Waals surface area contributed by atoms with Gasteiger partial charge in [0.25, 0.3) is 5.69 Å². The van der Waals surface area contributed by atoms with Crippen LogP contribution in [0, 0.1) is 10.1 Å². The zero-order chi connectivity index (χ0) is 17.4. The van der Waals surface area contributed by atoms with Crippen LogP contribution in [0.1, 0.15) is 44.6 Å². The minimum Gasteiger partial charge on any atom is -0.362 e. The number of para-hydroxylation sites is 1. The number of hydrogen-bond donors (Lipinski definition) is 1. The fraction of sp³-hybridized carbons (Fsp3) is 0.333. The van der Waals surface area contributed by atoms with Gasteiger partial charge in [-0.15, -0.1) is 0 Å². The number of benzene rings is 1. The van der Waals surface area contributed by atoms with Crippen LogP contribution < -0.4 is 5.32 Å². The number of carbonyl (C=O) groups excluding carboxylic acids is 2. The number of nitro groups is 1. The van der Waals surface area contributed by atoms with Crippen molar-refractivity contribution in [2.45, 2.75) is 39.0 Å². The Morgan fingerprint density at radius 3 is 2.67 bits per heavy atom. The van der Waals surface area contributed by atoms with E-state index in [9.17, 15) is 19.7 Å². The van der Waals surface area contributed by atoms with Gasteiger partial charge in [0, 0.05) is 40.6 Å². The van der Waals surface area contributed by atoms with Gasteiger partial charge in [-0.05, 0) is 26.7 Å². The maximum Gasteiger partial charge on any atom is 0.273 e. The van der Waals surface area contributed by atoms with Crippen LogP contribution in [0.5, 0.6) is 0 Å². The number of allylic oxidation sites excluding steroid dienone is 4. The van der Waals surface area contributed by atoms with E-state index in [0.717, 1.165) is 12.1 Å². The lowest BCUT2D eigenvalue weighted by atomic mass is 9.74. The zero-order valence-corrected chi connectivity index (χ0v) is 13.6. The van der Waals surface area contributed by atoms with E-state index in [1.807, 2.05) is 0 Å². The van der Waals surface area contributed by atoms with E-state index in [1.165, 1.54) is 13.0 Å². The lowest BCUT2D eigenvalue weighted by Gasteiger charge is -2.34. The highest BCUT2D eigenvalue weighted by Gasteiger charge is 2.39. The molecule has 0 saturated heterocycles. The second-order valence-corrected chi connectivity index (χ2v) is 6.14. The molecule has 6 heteroatoms. The van der Waals surface area contributed by atoms with Gasteiger partial charge in [0.2, 0.25) is 0 Å². The number of carbonyl (C=O) groups is 2. The normalized spacial score (nSPS) is 20.6. The van der Waals surface area contributed by atoms with Gasteiger partial charge < -0.3 is 5.32 Å². The van der Waals surface area contributed by atoms with Crippen molar-refractivity contribution < 1.29 is 14.5 Å². The van der Waals surface area contributed by atoms with E-state index in [1.54, 1.807) is 25.1 Å². The number of nitrogens with one attached hydrogen (secondary N) is 1. The molecule has 6 nitrogen and oxygen atoms in total.